The molecule has 1 fully saturated rings. The summed E-state index contributed by atoms with van der Waals surface area (Å²) in [6, 6.07) is 7.98. The normalized spacial score (nSPS) is 16.0. The van der Waals surface area contributed by atoms with E-state index in [2.05, 4.69) is 15.0 Å². The van der Waals surface area contributed by atoms with Crippen molar-refractivity contribution in [3.05, 3.63) is 29.3 Å². The summed E-state index contributed by atoms with van der Waals surface area (Å²) >= 11 is 6.00. The molecule has 0 amide bonds. The highest BCUT2D eigenvalue weighted by Crippen LogP contribution is 2.24. The van der Waals surface area contributed by atoms with Crippen molar-refractivity contribution in [2.45, 2.75) is 18.9 Å². The van der Waals surface area contributed by atoms with Crippen LogP contribution < -0.4 is 4.90 Å². The van der Waals surface area contributed by atoms with Gasteiger partial charge in [-0.05, 0) is 25.0 Å². The average molecular weight is 338 g/mol. The maximum absolute atomic E-state index is 6.00. The van der Waals surface area contributed by atoms with Crippen molar-refractivity contribution in [1.82, 2.24) is 10.1 Å². The molecule has 1 aromatic carbocycles. The second-order valence-corrected chi connectivity index (χ2v) is 5.90. The monoisotopic (exact) mass is 337 g/mol. The Morgan fingerprint density at radius 1 is 1.30 bits per heavy atom. The first-order valence-electron chi connectivity index (χ1n) is 7.71. The summed E-state index contributed by atoms with van der Waals surface area (Å²) in [5.74, 6) is 0.556. The van der Waals surface area contributed by atoms with Crippen LogP contribution in [-0.2, 0) is 9.47 Å². The molecule has 124 valence electrons. The van der Waals surface area contributed by atoms with E-state index in [-0.39, 0.29) is 6.10 Å². The molecule has 1 saturated heterocycles. The third kappa shape index (κ3) is 4.22. The number of ether oxygens (including phenoxy) is 2. The van der Waals surface area contributed by atoms with E-state index in [1.807, 2.05) is 24.3 Å². The van der Waals surface area contributed by atoms with E-state index < -0.39 is 0 Å². The standard InChI is InChI=1S/C16H20ClN3O3/c1-21-9-10-22-14-5-7-20(8-6-14)16-18-15(19-23-16)12-3-2-4-13(17)11-12/h2-4,11,14H,5-10H2,1H3. The molecule has 0 spiro atoms. The molecule has 3 rings (SSSR count). The van der Waals surface area contributed by atoms with Crippen LogP contribution in [0.4, 0.5) is 6.01 Å². The highest BCUT2D eigenvalue weighted by atomic mass is 35.5. The Balaban J connectivity index is 1.57. The van der Waals surface area contributed by atoms with Gasteiger partial charge in [0.1, 0.15) is 0 Å². The van der Waals surface area contributed by atoms with Crippen LogP contribution in [0, 0.1) is 0 Å². The lowest BCUT2D eigenvalue weighted by Gasteiger charge is -2.30. The first kappa shape index (κ1) is 16.2. The summed E-state index contributed by atoms with van der Waals surface area (Å²) in [6.07, 6.45) is 2.16. The molecule has 6 nitrogen and oxygen atoms in total. The number of piperidine rings is 1. The van der Waals surface area contributed by atoms with Crippen LogP contribution in [0.1, 0.15) is 12.8 Å². The van der Waals surface area contributed by atoms with Gasteiger partial charge >= 0.3 is 6.01 Å². The van der Waals surface area contributed by atoms with E-state index >= 15 is 0 Å². The van der Waals surface area contributed by atoms with Gasteiger partial charge < -0.3 is 18.9 Å². The first-order valence-corrected chi connectivity index (χ1v) is 8.09. The van der Waals surface area contributed by atoms with Crippen LogP contribution in [0.3, 0.4) is 0 Å². The van der Waals surface area contributed by atoms with Gasteiger partial charge in [0.2, 0.25) is 5.82 Å². The fraction of sp³-hybridized carbons (Fsp3) is 0.500. The van der Waals surface area contributed by atoms with Crippen molar-refractivity contribution in [2.75, 3.05) is 38.3 Å². The molecule has 1 aromatic heterocycles. The predicted molar refractivity (Wildman–Crippen MR) is 87.8 cm³/mol. The molecule has 0 atom stereocenters. The van der Waals surface area contributed by atoms with Crippen LogP contribution in [0.15, 0.2) is 28.8 Å². The summed E-state index contributed by atoms with van der Waals surface area (Å²) in [5, 5.41) is 4.70. The van der Waals surface area contributed by atoms with Gasteiger partial charge in [-0.2, -0.15) is 4.98 Å². The zero-order valence-electron chi connectivity index (χ0n) is 13.1. The van der Waals surface area contributed by atoms with Gasteiger partial charge in [0.15, 0.2) is 0 Å². The fourth-order valence-corrected chi connectivity index (χ4v) is 2.79. The molecule has 0 aliphatic carbocycles. The van der Waals surface area contributed by atoms with Crippen LogP contribution >= 0.6 is 11.6 Å². The fourth-order valence-electron chi connectivity index (χ4n) is 2.60. The van der Waals surface area contributed by atoms with Crippen molar-refractivity contribution in [3.63, 3.8) is 0 Å². The van der Waals surface area contributed by atoms with Gasteiger partial charge in [0.25, 0.3) is 0 Å². The molecule has 23 heavy (non-hydrogen) atoms. The molecule has 7 heteroatoms. The van der Waals surface area contributed by atoms with E-state index in [0.717, 1.165) is 31.5 Å². The van der Waals surface area contributed by atoms with Gasteiger partial charge in [0.05, 0.1) is 19.3 Å². The van der Waals surface area contributed by atoms with E-state index in [1.165, 1.54) is 0 Å². The Morgan fingerprint density at radius 2 is 2.13 bits per heavy atom. The number of benzene rings is 1. The van der Waals surface area contributed by atoms with Crippen molar-refractivity contribution in [3.8, 4) is 11.4 Å². The summed E-state index contributed by atoms with van der Waals surface area (Å²) in [6.45, 7) is 2.96. The third-order valence-electron chi connectivity index (χ3n) is 3.85. The molecule has 1 aliphatic rings. The molecule has 0 unspecified atom stereocenters. The van der Waals surface area contributed by atoms with Crippen molar-refractivity contribution in [2.24, 2.45) is 0 Å². The molecule has 0 N–H and O–H groups in total. The Morgan fingerprint density at radius 3 is 2.87 bits per heavy atom. The second kappa shape index (κ2) is 7.77. The number of rotatable bonds is 6. The topological polar surface area (TPSA) is 60.6 Å². The molecule has 0 radical (unpaired) electrons. The number of nitrogens with zero attached hydrogens (tertiary/aromatic N) is 3. The van der Waals surface area contributed by atoms with Crippen molar-refractivity contribution < 1.29 is 14.0 Å². The first-order chi connectivity index (χ1) is 11.3. The van der Waals surface area contributed by atoms with Gasteiger partial charge in [-0.1, -0.05) is 28.9 Å². The van der Waals surface area contributed by atoms with Gasteiger partial charge in [-0.25, -0.2) is 0 Å². The maximum atomic E-state index is 6.00. The third-order valence-corrected chi connectivity index (χ3v) is 4.09. The van der Waals surface area contributed by atoms with Crippen LogP contribution in [0.25, 0.3) is 11.4 Å². The quantitative estimate of drug-likeness (QED) is 0.755. The molecule has 2 heterocycles. The van der Waals surface area contributed by atoms with Crippen molar-refractivity contribution in [1.29, 1.82) is 0 Å². The molecule has 2 aromatic rings. The number of methoxy groups -OCH3 is 1. The van der Waals surface area contributed by atoms with E-state index in [0.29, 0.717) is 30.1 Å². The van der Waals surface area contributed by atoms with Crippen LogP contribution in [0.5, 0.6) is 0 Å². The number of anilines is 1. The minimum absolute atomic E-state index is 0.275. The molecule has 1 aliphatic heterocycles. The van der Waals surface area contributed by atoms with E-state index in [9.17, 15) is 0 Å². The lowest BCUT2D eigenvalue weighted by molar-refractivity contribution is 0.00566. The molecular weight excluding hydrogens is 318 g/mol. The highest BCUT2D eigenvalue weighted by molar-refractivity contribution is 6.30. The zero-order chi connectivity index (χ0) is 16.1. The van der Waals surface area contributed by atoms with Crippen LogP contribution in [-0.4, -0.2) is 49.7 Å². The minimum Gasteiger partial charge on any atom is -0.382 e. The van der Waals surface area contributed by atoms with Crippen LogP contribution in [0.2, 0.25) is 5.02 Å². The average Bonchev–Trinajstić information content (AvgIpc) is 3.06. The highest BCUT2D eigenvalue weighted by Gasteiger charge is 2.23. The number of halogens is 1. The number of aromatic nitrogens is 2. The Kier molecular flexibility index (Phi) is 5.48. The van der Waals surface area contributed by atoms with Gasteiger partial charge in [-0.15, -0.1) is 0 Å². The Hall–Kier alpha value is -1.63. The summed E-state index contributed by atoms with van der Waals surface area (Å²) in [5.41, 5.74) is 0.852. The lowest BCUT2D eigenvalue weighted by Crippen LogP contribution is -2.37. The Bertz CT molecular complexity index is 627. The lowest BCUT2D eigenvalue weighted by atomic mass is 10.1. The number of hydrogen-bond donors (Lipinski definition) is 0. The van der Waals surface area contributed by atoms with Gasteiger partial charge in [0, 0.05) is 30.8 Å². The molecule has 0 bridgehead atoms. The smallest absolute Gasteiger partial charge is 0.324 e. The largest absolute Gasteiger partial charge is 0.382 e. The van der Waals surface area contributed by atoms with Gasteiger partial charge in [-0.3, -0.25) is 0 Å². The predicted octanol–water partition coefficient (Wildman–Crippen LogP) is 3.02. The summed E-state index contributed by atoms with van der Waals surface area (Å²) in [7, 11) is 1.68. The zero-order valence-corrected chi connectivity index (χ0v) is 13.8. The summed E-state index contributed by atoms with van der Waals surface area (Å²) < 4.78 is 16.2. The maximum Gasteiger partial charge on any atom is 0.324 e. The minimum atomic E-state index is 0.275. The number of hydrogen-bond acceptors (Lipinski definition) is 6. The summed E-state index contributed by atoms with van der Waals surface area (Å²) in [4.78, 5) is 6.57. The molecular formula is C16H20ClN3O3. The van der Waals surface area contributed by atoms with Crippen molar-refractivity contribution >= 4 is 17.6 Å². The second-order valence-electron chi connectivity index (χ2n) is 5.46. The van der Waals surface area contributed by atoms with E-state index in [1.54, 1.807) is 7.11 Å². The molecule has 0 saturated carbocycles. The Labute approximate surface area is 140 Å². The SMILES string of the molecule is COCCOC1CCN(c2nc(-c3cccc(Cl)c3)no2)CC1. The van der Waals surface area contributed by atoms with E-state index in [4.69, 9.17) is 25.6 Å².